The molecule has 2 atom stereocenters. The highest BCUT2D eigenvalue weighted by Crippen LogP contribution is 2.33. The molecule has 1 N–H and O–H groups in total. The molecule has 1 fully saturated rings. The first-order chi connectivity index (χ1) is 8.63. The van der Waals surface area contributed by atoms with Crippen LogP contribution >= 0.6 is 46.6 Å². The van der Waals surface area contributed by atoms with Gasteiger partial charge in [-0.15, -0.1) is 0 Å². The van der Waals surface area contributed by atoms with Gasteiger partial charge in [0.05, 0.1) is 10.0 Å². The summed E-state index contributed by atoms with van der Waals surface area (Å²) in [6, 6.07) is 4.08. The second kappa shape index (κ2) is 6.71. The predicted molar refractivity (Wildman–Crippen MR) is 83.3 cm³/mol. The molecule has 2 rings (SSSR count). The van der Waals surface area contributed by atoms with Gasteiger partial charge in [0.15, 0.2) is 0 Å². The fourth-order valence-corrected chi connectivity index (χ4v) is 4.05. The molecule has 0 spiro atoms. The molecule has 2 unspecified atom stereocenters. The van der Waals surface area contributed by atoms with Crippen LogP contribution in [-0.4, -0.2) is 17.5 Å². The van der Waals surface area contributed by atoms with Crippen molar-refractivity contribution in [1.29, 1.82) is 0 Å². The number of rotatable bonds is 4. The van der Waals surface area contributed by atoms with Gasteiger partial charge in [0.25, 0.3) is 0 Å². The van der Waals surface area contributed by atoms with E-state index in [9.17, 15) is 0 Å². The number of hydrogen-bond donors (Lipinski definition) is 1. The molecular formula is C13H16Cl3NS. The van der Waals surface area contributed by atoms with Crippen molar-refractivity contribution in [3.05, 3.63) is 32.8 Å². The minimum Gasteiger partial charge on any atom is -0.309 e. The van der Waals surface area contributed by atoms with Crippen molar-refractivity contribution in [3.8, 4) is 0 Å². The van der Waals surface area contributed by atoms with Crippen LogP contribution in [0, 0.1) is 0 Å². The summed E-state index contributed by atoms with van der Waals surface area (Å²) in [6.45, 7) is 0.681. The van der Waals surface area contributed by atoms with Gasteiger partial charge < -0.3 is 5.32 Å². The van der Waals surface area contributed by atoms with Crippen molar-refractivity contribution >= 4 is 46.6 Å². The largest absolute Gasteiger partial charge is 0.309 e. The van der Waals surface area contributed by atoms with Crippen LogP contribution < -0.4 is 5.32 Å². The van der Waals surface area contributed by atoms with Gasteiger partial charge in [0.1, 0.15) is 0 Å². The van der Waals surface area contributed by atoms with E-state index in [1.165, 1.54) is 19.3 Å². The molecule has 0 saturated heterocycles. The van der Waals surface area contributed by atoms with E-state index in [-0.39, 0.29) is 0 Å². The molecule has 0 heterocycles. The van der Waals surface area contributed by atoms with Crippen molar-refractivity contribution in [2.75, 3.05) is 6.26 Å². The fourth-order valence-electron chi connectivity index (χ4n) is 2.41. The molecule has 1 aromatic carbocycles. The zero-order valence-corrected chi connectivity index (χ0v) is 13.3. The van der Waals surface area contributed by atoms with Crippen LogP contribution in [0.5, 0.6) is 0 Å². The Kier molecular flexibility index (Phi) is 5.52. The Hall–Kier alpha value is 0.400. The Bertz CT molecular complexity index is 425. The molecule has 1 nitrogen and oxygen atoms in total. The highest BCUT2D eigenvalue weighted by molar-refractivity contribution is 7.99. The van der Waals surface area contributed by atoms with Gasteiger partial charge in [0.2, 0.25) is 0 Å². The SMILES string of the molecule is CSC1CCCC1NCc1c(Cl)ccc(Cl)c1Cl. The average Bonchev–Trinajstić information content (AvgIpc) is 2.81. The quantitative estimate of drug-likeness (QED) is 0.780. The molecule has 0 bridgehead atoms. The van der Waals surface area contributed by atoms with Crippen LogP contribution in [0.1, 0.15) is 24.8 Å². The molecule has 0 aliphatic heterocycles. The van der Waals surface area contributed by atoms with E-state index < -0.39 is 0 Å². The minimum absolute atomic E-state index is 0.547. The Labute approximate surface area is 128 Å². The topological polar surface area (TPSA) is 12.0 Å². The molecule has 1 aliphatic carbocycles. The van der Waals surface area contributed by atoms with E-state index >= 15 is 0 Å². The lowest BCUT2D eigenvalue weighted by Gasteiger charge is -2.20. The van der Waals surface area contributed by atoms with Gasteiger partial charge in [-0.25, -0.2) is 0 Å². The van der Waals surface area contributed by atoms with Gasteiger partial charge in [-0.2, -0.15) is 11.8 Å². The van der Waals surface area contributed by atoms with Gasteiger partial charge in [-0.05, 0) is 31.2 Å². The fraction of sp³-hybridized carbons (Fsp3) is 0.538. The first-order valence-electron chi connectivity index (χ1n) is 6.02. The standard InChI is InChI=1S/C13H16Cl3NS/c1-18-12-4-2-3-11(12)17-7-8-9(14)5-6-10(15)13(8)16/h5-6,11-12,17H,2-4,7H2,1H3. The van der Waals surface area contributed by atoms with E-state index in [2.05, 4.69) is 11.6 Å². The summed E-state index contributed by atoms with van der Waals surface area (Å²) in [5.41, 5.74) is 0.901. The second-order valence-corrected chi connectivity index (χ2v) is 6.78. The molecule has 0 amide bonds. The van der Waals surface area contributed by atoms with Crippen LogP contribution in [-0.2, 0) is 6.54 Å². The predicted octanol–water partition coefficient (Wildman–Crippen LogP) is 5.02. The van der Waals surface area contributed by atoms with E-state index in [0.29, 0.717) is 32.9 Å². The van der Waals surface area contributed by atoms with Crippen molar-refractivity contribution in [2.45, 2.75) is 37.1 Å². The lowest BCUT2D eigenvalue weighted by Crippen LogP contribution is -2.33. The van der Waals surface area contributed by atoms with Crippen molar-refractivity contribution in [1.82, 2.24) is 5.32 Å². The van der Waals surface area contributed by atoms with Crippen LogP contribution in [0.25, 0.3) is 0 Å². The molecule has 100 valence electrons. The monoisotopic (exact) mass is 323 g/mol. The van der Waals surface area contributed by atoms with Crippen LogP contribution in [0.3, 0.4) is 0 Å². The van der Waals surface area contributed by atoms with E-state index in [0.717, 1.165) is 5.56 Å². The van der Waals surface area contributed by atoms with Gasteiger partial charge >= 0.3 is 0 Å². The zero-order valence-electron chi connectivity index (χ0n) is 10.2. The van der Waals surface area contributed by atoms with E-state index in [4.69, 9.17) is 34.8 Å². The maximum absolute atomic E-state index is 6.19. The highest BCUT2D eigenvalue weighted by atomic mass is 35.5. The molecule has 1 aromatic rings. The number of nitrogens with one attached hydrogen (secondary N) is 1. The smallest absolute Gasteiger partial charge is 0.0652 e. The van der Waals surface area contributed by atoms with Gasteiger partial charge in [-0.1, -0.05) is 41.2 Å². The van der Waals surface area contributed by atoms with Crippen LogP contribution in [0.4, 0.5) is 0 Å². The van der Waals surface area contributed by atoms with Crippen LogP contribution in [0.15, 0.2) is 12.1 Å². The summed E-state index contributed by atoms with van der Waals surface area (Å²) in [4.78, 5) is 0. The Morgan fingerprint density at radius 1 is 1.22 bits per heavy atom. The van der Waals surface area contributed by atoms with Crippen molar-refractivity contribution < 1.29 is 0 Å². The number of benzene rings is 1. The highest BCUT2D eigenvalue weighted by Gasteiger charge is 2.26. The molecule has 1 saturated carbocycles. The van der Waals surface area contributed by atoms with E-state index in [1.807, 2.05) is 11.8 Å². The third-order valence-electron chi connectivity index (χ3n) is 3.44. The van der Waals surface area contributed by atoms with E-state index in [1.54, 1.807) is 12.1 Å². The van der Waals surface area contributed by atoms with Gasteiger partial charge in [-0.3, -0.25) is 0 Å². The summed E-state index contributed by atoms with van der Waals surface area (Å²) in [6.07, 6.45) is 5.97. The molecule has 18 heavy (non-hydrogen) atoms. The summed E-state index contributed by atoms with van der Waals surface area (Å²) >= 11 is 20.3. The van der Waals surface area contributed by atoms with Crippen LogP contribution in [0.2, 0.25) is 15.1 Å². The molecule has 0 aromatic heterocycles. The summed E-state index contributed by atoms with van der Waals surface area (Å²) in [5.74, 6) is 0. The minimum atomic E-state index is 0.547. The maximum atomic E-state index is 6.19. The van der Waals surface area contributed by atoms with Crippen molar-refractivity contribution in [3.63, 3.8) is 0 Å². The molecule has 5 heteroatoms. The lowest BCUT2D eigenvalue weighted by molar-refractivity contribution is 0.532. The normalized spacial score (nSPS) is 23.6. The first kappa shape index (κ1) is 14.8. The Balaban J connectivity index is 2.04. The van der Waals surface area contributed by atoms with Crippen molar-refractivity contribution in [2.24, 2.45) is 0 Å². The molecule has 1 aliphatic rings. The number of hydrogen-bond acceptors (Lipinski definition) is 2. The van der Waals surface area contributed by atoms with Gasteiger partial charge in [0, 0.05) is 28.4 Å². The average molecular weight is 325 g/mol. The lowest BCUT2D eigenvalue weighted by atomic mass is 10.2. The second-order valence-electron chi connectivity index (χ2n) is 4.51. The first-order valence-corrected chi connectivity index (χ1v) is 8.44. The summed E-state index contributed by atoms with van der Waals surface area (Å²) < 4.78 is 0. The number of thioether (sulfide) groups is 1. The Morgan fingerprint density at radius 2 is 1.94 bits per heavy atom. The molecular weight excluding hydrogens is 309 g/mol. The third-order valence-corrected chi connectivity index (χ3v) is 5.80. The number of halogens is 3. The maximum Gasteiger partial charge on any atom is 0.0652 e. The summed E-state index contributed by atoms with van der Waals surface area (Å²) in [5, 5.41) is 6.06. The third kappa shape index (κ3) is 3.29. The summed E-state index contributed by atoms with van der Waals surface area (Å²) in [7, 11) is 0. The Morgan fingerprint density at radius 3 is 2.67 bits per heavy atom. The molecule has 0 radical (unpaired) electrons. The zero-order chi connectivity index (χ0) is 13.1.